The third kappa shape index (κ3) is 2.05. The molecule has 1 saturated heterocycles. The minimum Gasteiger partial charge on any atom is -0.390 e. The molecule has 0 aromatic carbocycles. The Morgan fingerprint density at radius 3 is 3.00 bits per heavy atom. The Morgan fingerprint density at radius 1 is 1.76 bits per heavy atom. The van der Waals surface area contributed by atoms with E-state index < -0.39 is 35.5 Å². The minimum absolute atomic E-state index is 0.244. The number of halogens is 2. The quantitative estimate of drug-likeness (QED) is 0.506. The van der Waals surface area contributed by atoms with E-state index in [-0.39, 0.29) is 5.33 Å². The summed E-state index contributed by atoms with van der Waals surface area (Å²) >= 11 is 3.07. The molecule has 0 bridgehead atoms. The maximum absolute atomic E-state index is 13.8. The van der Waals surface area contributed by atoms with Crippen LogP contribution in [-0.2, 0) is 4.74 Å². The average molecular weight is 310 g/mol. The van der Waals surface area contributed by atoms with Crippen molar-refractivity contribution in [3.8, 4) is 0 Å². The second-order valence-corrected chi connectivity index (χ2v) is 4.19. The Morgan fingerprint density at radius 2 is 2.47 bits per heavy atom. The third-order valence-corrected chi connectivity index (χ3v) is 3.17. The molecular weight excluding hydrogens is 301 g/mol. The summed E-state index contributed by atoms with van der Waals surface area (Å²) in [5.74, 6) is -0.514. The lowest BCUT2D eigenvalue weighted by atomic mass is 10.2. The van der Waals surface area contributed by atoms with Gasteiger partial charge < -0.3 is 20.0 Å². The van der Waals surface area contributed by atoms with Crippen LogP contribution in [0.5, 0.6) is 0 Å². The molecule has 2 rings (SSSR count). The Labute approximate surface area is 103 Å². The normalized spacial score (nSPS) is 32.9. The molecule has 94 valence electrons. The molecule has 4 atom stereocenters. The maximum Gasteiger partial charge on any atom is 0.436 e. The molecule has 0 spiro atoms. The van der Waals surface area contributed by atoms with Crippen LogP contribution in [0.2, 0.25) is 0 Å². The number of alkyl halides is 2. The monoisotopic (exact) mass is 309 g/mol. The fourth-order valence-corrected chi connectivity index (χ4v) is 2.24. The molecule has 0 amide bonds. The summed E-state index contributed by atoms with van der Waals surface area (Å²) in [5, 5.41) is 20.4. The molecule has 1 aliphatic rings. The van der Waals surface area contributed by atoms with Crippen LogP contribution in [-0.4, -0.2) is 43.3 Å². The lowest BCUT2D eigenvalue weighted by Crippen LogP contribution is -2.29. The number of imidazole rings is 1. The van der Waals surface area contributed by atoms with E-state index in [0.717, 1.165) is 4.57 Å². The van der Waals surface area contributed by atoms with Gasteiger partial charge in [0, 0.05) is 5.33 Å². The minimum atomic E-state index is -1.73. The Balaban J connectivity index is 2.29. The fourth-order valence-electron chi connectivity index (χ4n) is 1.70. The van der Waals surface area contributed by atoms with Gasteiger partial charge in [-0.3, -0.25) is 0 Å². The predicted molar refractivity (Wildman–Crippen MR) is 57.5 cm³/mol. The van der Waals surface area contributed by atoms with E-state index in [2.05, 4.69) is 20.9 Å². The van der Waals surface area contributed by atoms with Gasteiger partial charge in [0.15, 0.2) is 6.17 Å². The molecule has 0 aliphatic carbocycles. The Kier molecular flexibility index (Phi) is 3.40. The third-order valence-electron chi connectivity index (χ3n) is 2.53. The second kappa shape index (κ2) is 4.67. The van der Waals surface area contributed by atoms with E-state index >= 15 is 0 Å². The first-order valence-electron chi connectivity index (χ1n) is 4.77. The molecule has 1 aliphatic heterocycles. The highest BCUT2D eigenvalue weighted by Crippen LogP contribution is 2.34. The van der Waals surface area contributed by atoms with Crippen molar-refractivity contribution in [2.75, 3.05) is 5.33 Å². The highest BCUT2D eigenvalue weighted by atomic mass is 79.9. The van der Waals surface area contributed by atoms with E-state index in [0.29, 0.717) is 0 Å². The van der Waals surface area contributed by atoms with Crippen molar-refractivity contribution in [3.05, 3.63) is 22.5 Å². The summed E-state index contributed by atoms with van der Waals surface area (Å²) in [4.78, 5) is 13.4. The number of nitro groups is 1. The molecule has 17 heavy (non-hydrogen) atoms. The number of rotatable bonds is 3. The fraction of sp³-hybridized carbons (Fsp3) is 0.625. The molecule has 1 aromatic rings. The summed E-state index contributed by atoms with van der Waals surface area (Å²) in [6.45, 7) is 0. The van der Waals surface area contributed by atoms with Gasteiger partial charge in [-0.2, -0.15) is 4.57 Å². The van der Waals surface area contributed by atoms with Crippen LogP contribution in [0.1, 0.15) is 6.23 Å². The molecule has 1 fully saturated rings. The number of hydrogen-bond acceptors (Lipinski definition) is 5. The van der Waals surface area contributed by atoms with Crippen molar-refractivity contribution in [2.45, 2.75) is 24.6 Å². The Hall–Kier alpha value is -1.06. The zero-order chi connectivity index (χ0) is 12.6. The second-order valence-electron chi connectivity index (χ2n) is 3.55. The van der Waals surface area contributed by atoms with Crippen molar-refractivity contribution in [2.24, 2.45) is 0 Å². The zero-order valence-corrected chi connectivity index (χ0v) is 10.0. The lowest BCUT2D eigenvalue weighted by molar-refractivity contribution is -0.398. The van der Waals surface area contributed by atoms with Crippen LogP contribution in [0.4, 0.5) is 10.3 Å². The number of nitrogens with zero attached hydrogens (tertiary/aromatic N) is 3. The van der Waals surface area contributed by atoms with Crippen LogP contribution in [0.25, 0.3) is 0 Å². The van der Waals surface area contributed by atoms with Crippen molar-refractivity contribution >= 4 is 21.9 Å². The molecule has 9 heteroatoms. The molecule has 1 unspecified atom stereocenters. The number of aromatic nitrogens is 2. The summed E-state index contributed by atoms with van der Waals surface area (Å²) < 4.78 is 19.9. The van der Waals surface area contributed by atoms with E-state index in [4.69, 9.17) is 4.74 Å². The molecule has 0 radical (unpaired) electrons. The number of hydrogen-bond donors (Lipinski definition) is 1. The molecule has 1 N–H and O–H groups in total. The largest absolute Gasteiger partial charge is 0.436 e. The first-order valence-corrected chi connectivity index (χ1v) is 5.89. The van der Waals surface area contributed by atoms with E-state index in [1.807, 2.05) is 0 Å². The highest BCUT2D eigenvalue weighted by molar-refractivity contribution is 9.09. The summed E-state index contributed by atoms with van der Waals surface area (Å²) in [6.07, 6.45) is -2.58. The molecule has 2 heterocycles. The van der Waals surface area contributed by atoms with Crippen LogP contribution < -0.4 is 0 Å². The van der Waals surface area contributed by atoms with Crippen LogP contribution >= 0.6 is 15.9 Å². The SMILES string of the molecule is O=[N+]([O-])c1nccn1C1O[C@H](CBr)[C@@H](O)[C@H]1F. The van der Waals surface area contributed by atoms with Gasteiger partial charge in [0.25, 0.3) is 0 Å². The summed E-state index contributed by atoms with van der Waals surface area (Å²) in [6, 6.07) is 0. The van der Waals surface area contributed by atoms with Crippen molar-refractivity contribution in [1.29, 1.82) is 0 Å². The van der Waals surface area contributed by atoms with Crippen LogP contribution in [0, 0.1) is 10.1 Å². The Bertz CT molecular complexity index is 429. The van der Waals surface area contributed by atoms with Crippen molar-refractivity contribution in [1.82, 2.24) is 9.55 Å². The smallest absolute Gasteiger partial charge is 0.390 e. The van der Waals surface area contributed by atoms with Gasteiger partial charge in [0.05, 0.1) is 0 Å². The van der Waals surface area contributed by atoms with Gasteiger partial charge >= 0.3 is 5.95 Å². The van der Waals surface area contributed by atoms with E-state index in [1.54, 1.807) is 0 Å². The van der Waals surface area contributed by atoms with Gasteiger partial charge in [-0.1, -0.05) is 20.9 Å². The first kappa shape index (κ1) is 12.4. The van der Waals surface area contributed by atoms with E-state index in [9.17, 15) is 19.6 Å². The lowest BCUT2D eigenvalue weighted by Gasteiger charge is -2.11. The standard InChI is InChI=1S/C8H9BrFN3O4/c9-3-4-6(14)5(10)7(17-4)12-2-1-11-8(12)13(15)16/h1-2,4-7,14H,3H2/t4-,5-,6-,7?/m1/s1. The topological polar surface area (TPSA) is 90.4 Å². The molecular formula is C8H9BrFN3O4. The average Bonchev–Trinajstić information content (AvgIpc) is 2.86. The number of ether oxygens (including phenoxy) is 1. The van der Waals surface area contributed by atoms with E-state index in [1.165, 1.54) is 12.4 Å². The van der Waals surface area contributed by atoms with Gasteiger partial charge in [0.2, 0.25) is 6.23 Å². The van der Waals surface area contributed by atoms with Crippen LogP contribution in [0.3, 0.4) is 0 Å². The van der Waals surface area contributed by atoms with Crippen LogP contribution in [0.15, 0.2) is 12.4 Å². The van der Waals surface area contributed by atoms with Gasteiger partial charge in [-0.05, 0) is 4.92 Å². The van der Waals surface area contributed by atoms with Crippen molar-refractivity contribution < 1.29 is 19.2 Å². The predicted octanol–water partition coefficient (Wildman–Crippen LogP) is 0.783. The molecule has 0 saturated carbocycles. The summed E-state index contributed by atoms with van der Waals surface area (Å²) in [7, 11) is 0. The van der Waals surface area contributed by atoms with Gasteiger partial charge in [0.1, 0.15) is 24.6 Å². The van der Waals surface area contributed by atoms with Gasteiger partial charge in [-0.15, -0.1) is 0 Å². The highest BCUT2D eigenvalue weighted by Gasteiger charge is 2.47. The number of aliphatic hydroxyl groups is 1. The summed E-state index contributed by atoms with van der Waals surface area (Å²) in [5.41, 5.74) is 0. The molecule has 7 nitrogen and oxygen atoms in total. The maximum atomic E-state index is 13.8. The molecule has 1 aromatic heterocycles. The number of aliphatic hydroxyl groups excluding tert-OH is 1. The zero-order valence-electron chi connectivity index (χ0n) is 8.44. The van der Waals surface area contributed by atoms with Crippen molar-refractivity contribution in [3.63, 3.8) is 0 Å². The van der Waals surface area contributed by atoms with Gasteiger partial charge in [-0.25, -0.2) is 4.39 Å². The first-order chi connectivity index (χ1) is 8.06.